The van der Waals surface area contributed by atoms with Crippen molar-refractivity contribution in [1.29, 1.82) is 0 Å². The highest BCUT2D eigenvalue weighted by Gasteiger charge is 2.21. The molecule has 1 rings (SSSR count). The predicted molar refractivity (Wildman–Crippen MR) is 56.4 cm³/mol. The van der Waals surface area contributed by atoms with Gasteiger partial charge >= 0.3 is 5.97 Å². The van der Waals surface area contributed by atoms with Crippen molar-refractivity contribution in [3.63, 3.8) is 0 Å². The molecule has 4 nitrogen and oxygen atoms in total. The Labute approximate surface area is 90.0 Å². The Morgan fingerprint density at radius 2 is 2.00 bits per heavy atom. The van der Waals surface area contributed by atoms with Gasteiger partial charge in [-0.15, -0.1) is 0 Å². The molecule has 1 atom stereocenters. The van der Waals surface area contributed by atoms with E-state index in [1.165, 1.54) is 25.7 Å². The molecule has 1 aliphatic rings. The van der Waals surface area contributed by atoms with Crippen LogP contribution >= 0.6 is 0 Å². The van der Waals surface area contributed by atoms with Crippen molar-refractivity contribution >= 4 is 11.9 Å². The van der Waals surface area contributed by atoms with Crippen molar-refractivity contribution < 1.29 is 14.7 Å². The molecule has 0 spiro atoms. The minimum absolute atomic E-state index is 0.0625. The van der Waals surface area contributed by atoms with Gasteiger partial charge < -0.3 is 10.4 Å². The van der Waals surface area contributed by atoms with E-state index in [0.29, 0.717) is 5.92 Å². The van der Waals surface area contributed by atoms with Gasteiger partial charge in [0.25, 0.3) is 0 Å². The van der Waals surface area contributed by atoms with Crippen LogP contribution in [-0.2, 0) is 9.59 Å². The molecule has 4 heteroatoms. The summed E-state index contributed by atoms with van der Waals surface area (Å²) in [5, 5.41) is 10.8. The zero-order chi connectivity index (χ0) is 11.3. The fraction of sp³-hybridized carbons (Fsp3) is 0.818. The number of carbonyl (C=O) groups is 2. The highest BCUT2D eigenvalue weighted by atomic mass is 16.4. The number of carboxylic acid groups (broad SMARTS) is 1. The van der Waals surface area contributed by atoms with E-state index in [9.17, 15) is 9.59 Å². The lowest BCUT2D eigenvalue weighted by atomic mass is 9.94. The number of amides is 1. The minimum Gasteiger partial charge on any atom is -0.480 e. The smallest absolute Gasteiger partial charge is 0.322 e. The largest absolute Gasteiger partial charge is 0.480 e. The van der Waals surface area contributed by atoms with Crippen molar-refractivity contribution in [2.45, 2.75) is 39.0 Å². The molecule has 1 unspecified atom stereocenters. The highest BCUT2D eigenvalue weighted by molar-refractivity contribution is 5.82. The maximum atomic E-state index is 11.5. The maximum Gasteiger partial charge on any atom is 0.322 e. The van der Waals surface area contributed by atoms with Gasteiger partial charge in [0.2, 0.25) is 5.91 Å². The summed E-state index contributed by atoms with van der Waals surface area (Å²) in [6.07, 6.45) is 5.88. The van der Waals surface area contributed by atoms with E-state index in [1.54, 1.807) is 0 Å². The van der Waals surface area contributed by atoms with Crippen molar-refractivity contribution in [1.82, 2.24) is 5.32 Å². The summed E-state index contributed by atoms with van der Waals surface area (Å²) in [4.78, 5) is 21.7. The van der Waals surface area contributed by atoms with Gasteiger partial charge in [-0.05, 0) is 12.3 Å². The third-order valence-electron chi connectivity index (χ3n) is 3.02. The topological polar surface area (TPSA) is 66.4 Å². The molecule has 0 aromatic rings. The Balaban J connectivity index is 2.22. The number of hydrogen-bond donors (Lipinski definition) is 2. The Bertz CT molecular complexity index is 234. The quantitative estimate of drug-likeness (QED) is 0.725. The first-order valence-electron chi connectivity index (χ1n) is 5.59. The van der Waals surface area contributed by atoms with Crippen molar-refractivity contribution in [2.24, 2.45) is 11.8 Å². The van der Waals surface area contributed by atoms with Crippen LogP contribution in [0, 0.1) is 11.8 Å². The summed E-state index contributed by atoms with van der Waals surface area (Å²) in [5.41, 5.74) is 0. The first-order chi connectivity index (χ1) is 7.09. The molecule has 0 aromatic heterocycles. The molecule has 1 amide bonds. The van der Waals surface area contributed by atoms with Crippen LogP contribution in [0.3, 0.4) is 0 Å². The second-order valence-corrected chi connectivity index (χ2v) is 4.40. The van der Waals surface area contributed by atoms with E-state index < -0.39 is 5.97 Å². The third-order valence-corrected chi connectivity index (χ3v) is 3.02. The van der Waals surface area contributed by atoms with Crippen molar-refractivity contribution in [3.05, 3.63) is 0 Å². The van der Waals surface area contributed by atoms with Gasteiger partial charge in [-0.25, -0.2) is 0 Å². The van der Waals surface area contributed by atoms with Crippen LogP contribution in [0.4, 0.5) is 0 Å². The zero-order valence-electron chi connectivity index (χ0n) is 9.16. The molecule has 0 saturated heterocycles. The number of rotatable bonds is 5. The first kappa shape index (κ1) is 12.0. The molecule has 86 valence electrons. The lowest BCUT2D eigenvalue weighted by Gasteiger charge is -2.15. The van der Waals surface area contributed by atoms with E-state index >= 15 is 0 Å². The van der Waals surface area contributed by atoms with Crippen molar-refractivity contribution in [3.8, 4) is 0 Å². The normalized spacial score (nSPS) is 18.7. The van der Waals surface area contributed by atoms with Gasteiger partial charge in [-0.1, -0.05) is 32.6 Å². The maximum absolute atomic E-state index is 11.5. The third kappa shape index (κ3) is 4.32. The summed E-state index contributed by atoms with van der Waals surface area (Å²) in [5.74, 6) is -0.524. The molecule has 2 N–H and O–H groups in total. The Morgan fingerprint density at radius 3 is 2.53 bits per heavy atom. The Morgan fingerprint density at radius 1 is 1.40 bits per heavy atom. The molecule has 0 radical (unpaired) electrons. The van der Waals surface area contributed by atoms with Crippen LogP contribution in [0.5, 0.6) is 0 Å². The average Bonchev–Trinajstić information content (AvgIpc) is 2.66. The average molecular weight is 213 g/mol. The molecular weight excluding hydrogens is 194 g/mol. The van der Waals surface area contributed by atoms with Crippen LogP contribution in [-0.4, -0.2) is 23.5 Å². The summed E-state index contributed by atoms with van der Waals surface area (Å²) >= 11 is 0. The number of nitrogens with one attached hydrogen (secondary N) is 1. The summed E-state index contributed by atoms with van der Waals surface area (Å²) in [6.45, 7) is 1.60. The van der Waals surface area contributed by atoms with Gasteiger partial charge in [-0.3, -0.25) is 9.59 Å². The molecule has 0 aromatic carbocycles. The Kier molecular flexibility index (Phi) is 4.59. The van der Waals surface area contributed by atoms with Crippen LogP contribution in [0.1, 0.15) is 39.0 Å². The molecular formula is C11H19NO3. The second kappa shape index (κ2) is 5.73. The summed E-state index contributed by atoms with van der Waals surface area (Å²) in [6, 6.07) is 0. The van der Waals surface area contributed by atoms with Gasteiger partial charge in [0.05, 0.1) is 0 Å². The molecule has 0 aliphatic heterocycles. The van der Waals surface area contributed by atoms with E-state index in [0.717, 1.165) is 6.42 Å². The van der Waals surface area contributed by atoms with Crippen LogP contribution in [0.15, 0.2) is 0 Å². The molecule has 15 heavy (non-hydrogen) atoms. The SMILES string of the molecule is CC(CC1CCCC1)C(=O)NCC(=O)O. The summed E-state index contributed by atoms with van der Waals surface area (Å²) in [7, 11) is 0. The Hall–Kier alpha value is -1.06. The first-order valence-corrected chi connectivity index (χ1v) is 5.59. The lowest BCUT2D eigenvalue weighted by Crippen LogP contribution is -2.34. The number of hydrogen-bond acceptors (Lipinski definition) is 2. The fourth-order valence-electron chi connectivity index (χ4n) is 2.19. The molecule has 0 bridgehead atoms. The van der Waals surface area contributed by atoms with Gasteiger partial charge in [-0.2, -0.15) is 0 Å². The van der Waals surface area contributed by atoms with Gasteiger partial charge in [0.15, 0.2) is 0 Å². The van der Waals surface area contributed by atoms with E-state index in [4.69, 9.17) is 5.11 Å². The van der Waals surface area contributed by atoms with Crippen LogP contribution in [0.2, 0.25) is 0 Å². The lowest BCUT2D eigenvalue weighted by molar-refractivity contribution is -0.138. The van der Waals surface area contributed by atoms with Crippen LogP contribution < -0.4 is 5.32 Å². The fourth-order valence-corrected chi connectivity index (χ4v) is 2.19. The molecule has 0 heterocycles. The van der Waals surface area contributed by atoms with Gasteiger partial charge in [0.1, 0.15) is 6.54 Å². The predicted octanol–water partition coefficient (Wildman–Crippen LogP) is 1.40. The number of carboxylic acids is 1. The van der Waals surface area contributed by atoms with Gasteiger partial charge in [0, 0.05) is 5.92 Å². The summed E-state index contributed by atoms with van der Waals surface area (Å²) < 4.78 is 0. The second-order valence-electron chi connectivity index (χ2n) is 4.40. The number of aliphatic carboxylic acids is 1. The monoisotopic (exact) mass is 213 g/mol. The molecule has 1 aliphatic carbocycles. The highest BCUT2D eigenvalue weighted by Crippen LogP contribution is 2.30. The van der Waals surface area contributed by atoms with E-state index in [2.05, 4.69) is 5.32 Å². The standard InChI is InChI=1S/C11H19NO3/c1-8(6-9-4-2-3-5-9)11(15)12-7-10(13)14/h8-9H,2-7H2,1H3,(H,12,15)(H,13,14). The molecule has 1 fully saturated rings. The number of carbonyl (C=O) groups excluding carboxylic acids is 1. The minimum atomic E-state index is -0.989. The van der Waals surface area contributed by atoms with E-state index in [1.807, 2.05) is 6.92 Å². The molecule has 1 saturated carbocycles. The van der Waals surface area contributed by atoms with E-state index in [-0.39, 0.29) is 18.4 Å². The van der Waals surface area contributed by atoms with Crippen molar-refractivity contribution in [2.75, 3.05) is 6.54 Å². The zero-order valence-corrected chi connectivity index (χ0v) is 9.16. The van der Waals surface area contributed by atoms with Crippen LogP contribution in [0.25, 0.3) is 0 Å².